The Morgan fingerprint density at radius 1 is 1.06 bits per heavy atom. The molecule has 2 amide bonds. The van der Waals surface area contributed by atoms with Gasteiger partial charge in [0.1, 0.15) is 5.84 Å². The van der Waals surface area contributed by atoms with E-state index < -0.39 is 0 Å². The Balaban J connectivity index is 1.42. The van der Waals surface area contributed by atoms with Gasteiger partial charge in [0.05, 0.1) is 6.10 Å². The van der Waals surface area contributed by atoms with Crippen molar-refractivity contribution in [2.45, 2.75) is 45.6 Å². The van der Waals surface area contributed by atoms with Crippen LogP contribution in [0.4, 0.5) is 10.5 Å². The third-order valence-electron chi connectivity index (χ3n) is 6.34. The monoisotopic (exact) mass is 429 g/mol. The summed E-state index contributed by atoms with van der Waals surface area (Å²) in [6.07, 6.45) is 2.96. The van der Waals surface area contributed by atoms with E-state index in [4.69, 9.17) is 15.9 Å². The normalized spacial score (nSPS) is 18.6. The van der Waals surface area contributed by atoms with Crippen molar-refractivity contribution in [3.8, 4) is 0 Å². The van der Waals surface area contributed by atoms with E-state index in [0.29, 0.717) is 44.1 Å². The fourth-order valence-electron chi connectivity index (χ4n) is 4.13. The maximum absolute atomic E-state index is 12.9. The van der Waals surface area contributed by atoms with E-state index in [1.807, 2.05) is 47.9 Å². The molecule has 3 N–H and O–H groups in total. The predicted octanol–water partition coefficient (Wildman–Crippen LogP) is 2.66. The minimum absolute atomic E-state index is 0.0279. The summed E-state index contributed by atoms with van der Waals surface area (Å²) in [6, 6.07) is 7.78. The summed E-state index contributed by atoms with van der Waals surface area (Å²) < 4.78 is 5.39. The van der Waals surface area contributed by atoms with Gasteiger partial charge < -0.3 is 25.2 Å². The van der Waals surface area contributed by atoms with Crippen LogP contribution in [-0.2, 0) is 9.53 Å². The van der Waals surface area contributed by atoms with Gasteiger partial charge >= 0.3 is 12.0 Å². The molecule has 2 aliphatic rings. The number of esters is 1. The summed E-state index contributed by atoms with van der Waals surface area (Å²) in [7, 11) is 0. The fourth-order valence-corrected chi connectivity index (χ4v) is 4.13. The molecule has 0 unspecified atom stereocenters. The van der Waals surface area contributed by atoms with Crippen LogP contribution < -0.4 is 10.6 Å². The van der Waals surface area contributed by atoms with E-state index >= 15 is 0 Å². The first-order chi connectivity index (χ1) is 14.9. The first kappa shape index (κ1) is 22.9. The summed E-state index contributed by atoms with van der Waals surface area (Å²) in [4.78, 5) is 31.0. The standard InChI is InChI=1S/C23H35N5O3/c1-3-17(2)31-21(29)16-18-8-10-27(11-9-18)23(30)28-14-12-26(13-15-28)20-6-4-19(5-7-20)22(24)25/h4-7,17-18H,3,8-16H2,1-2H3,(H3,24,25)/t17-/m0/s1. The number of amidine groups is 1. The van der Waals surface area contributed by atoms with Crippen molar-refractivity contribution >= 4 is 23.5 Å². The number of anilines is 1. The number of nitrogens with one attached hydrogen (secondary N) is 1. The number of nitrogen functional groups attached to an aromatic ring is 1. The summed E-state index contributed by atoms with van der Waals surface area (Å²) >= 11 is 0. The zero-order valence-electron chi connectivity index (χ0n) is 18.7. The minimum atomic E-state index is -0.119. The number of carbonyl (C=O) groups excluding carboxylic acids is 2. The number of urea groups is 1. The van der Waals surface area contributed by atoms with Crippen LogP contribution in [0.5, 0.6) is 0 Å². The molecule has 0 aliphatic carbocycles. The SMILES string of the molecule is CC[C@H](C)OC(=O)CC1CCN(C(=O)N2CCN(c3ccc(C(=N)N)cc3)CC2)CC1. The second-order valence-electron chi connectivity index (χ2n) is 8.56. The number of hydrogen-bond acceptors (Lipinski definition) is 5. The molecule has 1 atom stereocenters. The van der Waals surface area contributed by atoms with Crippen molar-refractivity contribution in [1.29, 1.82) is 5.41 Å². The van der Waals surface area contributed by atoms with E-state index in [-0.39, 0.29) is 23.9 Å². The van der Waals surface area contributed by atoms with Crippen LogP contribution in [0.15, 0.2) is 24.3 Å². The van der Waals surface area contributed by atoms with Crippen molar-refractivity contribution < 1.29 is 14.3 Å². The molecule has 0 spiro atoms. The van der Waals surface area contributed by atoms with E-state index in [1.54, 1.807) is 0 Å². The van der Waals surface area contributed by atoms with Gasteiger partial charge in [-0.05, 0) is 56.4 Å². The average molecular weight is 430 g/mol. The Labute approximate surface area is 184 Å². The number of benzene rings is 1. The molecule has 8 nitrogen and oxygen atoms in total. The Bertz CT molecular complexity index is 766. The van der Waals surface area contributed by atoms with E-state index in [2.05, 4.69) is 4.90 Å². The lowest BCUT2D eigenvalue weighted by Gasteiger charge is -2.40. The van der Waals surface area contributed by atoms with Gasteiger partial charge in [0, 0.05) is 56.9 Å². The first-order valence-electron chi connectivity index (χ1n) is 11.3. The number of piperazine rings is 1. The third-order valence-corrected chi connectivity index (χ3v) is 6.34. The molecule has 2 saturated heterocycles. The molecule has 0 radical (unpaired) electrons. The zero-order valence-corrected chi connectivity index (χ0v) is 18.7. The highest BCUT2D eigenvalue weighted by Crippen LogP contribution is 2.23. The van der Waals surface area contributed by atoms with Crippen LogP contribution >= 0.6 is 0 Å². The Morgan fingerprint density at radius 3 is 2.19 bits per heavy atom. The molecule has 31 heavy (non-hydrogen) atoms. The van der Waals surface area contributed by atoms with Gasteiger partial charge in [-0.25, -0.2) is 4.79 Å². The van der Waals surface area contributed by atoms with Gasteiger partial charge in [-0.15, -0.1) is 0 Å². The predicted molar refractivity (Wildman–Crippen MR) is 121 cm³/mol. The van der Waals surface area contributed by atoms with Crippen LogP contribution in [0, 0.1) is 11.3 Å². The van der Waals surface area contributed by atoms with Gasteiger partial charge in [-0.1, -0.05) is 6.92 Å². The van der Waals surface area contributed by atoms with Gasteiger partial charge in [0.15, 0.2) is 0 Å². The summed E-state index contributed by atoms with van der Waals surface area (Å²) in [5.41, 5.74) is 7.32. The fraction of sp³-hybridized carbons (Fsp3) is 0.609. The highest BCUT2D eigenvalue weighted by molar-refractivity contribution is 5.95. The lowest BCUT2D eigenvalue weighted by molar-refractivity contribution is -0.149. The first-order valence-corrected chi connectivity index (χ1v) is 11.3. The number of carbonyl (C=O) groups is 2. The number of piperidine rings is 1. The third kappa shape index (κ3) is 6.12. The van der Waals surface area contributed by atoms with E-state index in [1.165, 1.54) is 0 Å². The highest BCUT2D eigenvalue weighted by Gasteiger charge is 2.29. The van der Waals surface area contributed by atoms with Crippen LogP contribution in [0.2, 0.25) is 0 Å². The number of likely N-dealkylation sites (tertiary alicyclic amines) is 1. The van der Waals surface area contributed by atoms with Crippen molar-refractivity contribution in [1.82, 2.24) is 9.80 Å². The summed E-state index contributed by atoms with van der Waals surface area (Å²) in [5, 5.41) is 7.49. The van der Waals surface area contributed by atoms with Crippen molar-refractivity contribution in [2.75, 3.05) is 44.2 Å². The van der Waals surface area contributed by atoms with Gasteiger partial charge in [-0.2, -0.15) is 0 Å². The molecule has 0 saturated carbocycles. The number of amides is 2. The lowest BCUT2D eigenvalue weighted by atomic mass is 9.94. The Kier molecular flexibility index (Phi) is 7.76. The minimum Gasteiger partial charge on any atom is -0.463 e. The van der Waals surface area contributed by atoms with Gasteiger partial charge in [-0.3, -0.25) is 10.2 Å². The maximum atomic E-state index is 12.9. The number of ether oxygens (including phenoxy) is 1. The van der Waals surface area contributed by atoms with E-state index in [9.17, 15) is 9.59 Å². The van der Waals surface area contributed by atoms with Crippen molar-refractivity contribution in [3.05, 3.63) is 29.8 Å². The van der Waals surface area contributed by atoms with Gasteiger partial charge in [0.25, 0.3) is 0 Å². The molecule has 1 aromatic rings. The lowest BCUT2D eigenvalue weighted by Crippen LogP contribution is -2.54. The topological polar surface area (TPSA) is 103 Å². The van der Waals surface area contributed by atoms with Crippen LogP contribution in [0.25, 0.3) is 0 Å². The second kappa shape index (κ2) is 10.5. The Morgan fingerprint density at radius 2 is 1.65 bits per heavy atom. The molecule has 2 heterocycles. The molecule has 170 valence electrons. The summed E-state index contributed by atoms with van der Waals surface area (Å²) in [6.45, 7) is 8.26. The molecule has 3 rings (SSSR count). The molecule has 8 heteroatoms. The quantitative estimate of drug-likeness (QED) is 0.411. The average Bonchev–Trinajstić information content (AvgIpc) is 2.79. The number of hydrogen-bond donors (Lipinski definition) is 2. The molecule has 2 aliphatic heterocycles. The zero-order chi connectivity index (χ0) is 22.4. The van der Waals surface area contributed by atoms with Crippen LogP contribution in [-0.4, -0.2) is 73.0 Å². The molecular weight excluding hydrogens is 394 g/mol. The Hall–Kier alpha value is -2.77. The molecule has 0 aromatic heterocycles. The molecule has 1 aromatic carbocycles. The van der Waals surface area contributed by atoms with E-state index in [0.717, 1.165) is 38.0 Å². The van der Waals surface area contributed by atoms with Crippen LogP contribution in [0.3, 0.4) is 0 Å². The smallest absolute Gasteiger partial charge is 0.320 e. The van der Waals surface area contributed by atoms with Crippen molar-refractivity contribution in [2.24, 2.45) is 11.7 Å². The molecular formula is C23H35N5O3. The number of nitrogens with two attached hydrogens (primary N) is 1. The molecule has 0 bridgehead atoms. The van der Waals surface area contributed by atoms with Crippen molar-refractivity contribution in [3.63, 3.8) is 0 Å². The second-order valence-corrected chi connectivity index (χ2v) is 8.56. The van der Waals surface area contributed by atoms with Gasteiger partial charge in [0.2, 0.25) is 0 Å². The summed E-state index contributed by atoms with van der Waals surface area (Å²) in [5.74, 6) is 0.250. The maximum Gasteiger partial charge on any atom is 0.320 e. The number of nitrogens with zero attached hydrogens (tertiary/aromatic N) is 3. The number of rotatable bonds is 6. The molecule has 2 fully saturated rings. The largest absolute Gasteiger partial charge is 0.463 e. The van der Waals surface area contributed by atoms with Crippen LogP contribution in [0.1, 0.15) is 45.1 Å². The highest BCUT2D eigenvalue weighted by atomic mass is 16.5.